The zero-order valence-corrected chi connectivity index (χ0v) is 22.8. The predicted molar refractivity (Wildman–Crippen MR) is 155 cm³/mol. The van der Waals surface area contributed by atoms with E-state index in [-0.39, 0.29) is 11.8 Å². The first-order valence-corrected chi connectivity index (χ1v) is 13.1. The van der Waals surface area contributed by atoms with Gasteiger partial charge < -0.3 is 25.2 Å². The molecule has 0 atom stereocenters. The second kappa shape index (κ2) is 11.7. The molecule has 0 radical (unpaired) electrons. The van der Waals surface area contributed by atoms with E-state index < -0.39 is 5.97 Å². The van der Waals surface area contributed by atoms with Gasteiger partial charge in [0.25, 0.3) is 5.91 Å². The minimum Gasteiger partial charge on any atom is -0.465 e. The fraction of sp³-hybridized carbons (Fsp3) is 0.267. The quantitative estimate of drug-likeness (QED) is 0.348. The molecule has 2 aliphatic rings. The van der Waals surface area contributed by atoms with Crippen molar-refractivity contribution in [3.8, 4) is 0 Å². The molecule has 10 nitrogen and oxygen atoms in total. The summed E-state index contributed by atoms with van der Waals surface area (Å²) in [6.07, 6.45) is 3.35. The molecule has 0 aliphatic carbocycles. The largest absolute Gasteiger partial charge is 0.465 e. The van der Waals surface area contributed by atoms with Gasteiger partial charge in [-0.25, -0.2) is 4.79 Å². The van der Waals surface area contributed by atoms with Crippen LogP contribution in [0.25, 0.3) is 11.3 Å². The standard InChI is InChI=1S/C30H32N6O4/c1-34-13-15-36(16-14-34)19-26(37)35(2)23-9-7-22(8-10-23)32-28(21-5-4-12-31-18-21)27-24-11-6-20(30(39)40-3)17-25(24)33-29(27)38/h4-12,17-18,32H,13-16,19H2,1-3H3,(H,33,38)/b28-27-. The van der Waals surface area contributed by atoms with Crippen LogP contribution in [-0.4, -0.2) is 86.5 Å². The summed E-state index contributed by atoms with van der Waals surface area (Å²) < 4.78 is 4.82. The highest BCUT2D eigenvalue weighted by Gasteiger charge is 2.29. The van der Waals surface area contributed by atoms with E-state index in [4.69, 9.17) is 4.74 Å². The van der Waals surface area contributed by atoms with Crippen molar-refractivity contribution in [1.82, 2.24) is 14.8 Å². The van der Waals surface area contributed by atoms with Crippen LogP contribution < -0.4 is 15.5 Å². The second-order valence-corrected chi connectivity index (χ2v) is 9.90. The summed E-state index contributed by atoms with van der Waals surface area (Å²) in [5.74, 6) is -0.740. The molecule has 5 rings (SSSR count). The normalized spacial score (nSPS) is 16.6. The summed E-state index contributed by atoms with van der Waals surface area (Å²) in [5.41, 5.74) is 4.78. The van der Waals surface area contributed by atoms with Gasteiger partial charge in [0.2, 0.25) is 5.91 Å². The third-order valence-electron chi connectivity index (χ3n) is 7.24. The van der Waals surface area contributed by atoms with Crippen LogP contribution >= 0.6 is 0 Å². The molecule has 0 spiro atoms. The SMILES string of the molecule is COC(=O)c1ccc2c(c1)NC(=O)/C2=C(\Nc1ccc(N(C)C(=O)CN2CCN(C)CC2)cc1)c1cccnc1. The molecule has 1 fully saturated rings. The minimum absolute atomic E-state index is 0.0361. The van der Waals surface area contributed by atoms with Crippen LogP contribution in [0.15, 0.2) is 67.0 Å². The van der Waals surface area contributed by atoms with E-state index in [1.54, 1.807) is 48.6 Å². The number of likely N-dealkylation sites (N-methyl/N-ethyl adjacent to an activating group) is 2. The first-order valence-electron chi connectivity index (χ1n) is 13.1. The van der Waals surface area contributed by atoms with Gasteiger partial charge in [0.05, 0.1) is 36.2 Å². The zero-order valence-electron chi connectivity index (χ0n) is 22.8. The number of piperazine rings is 1. The zero-order chi connectivity index (χ0) is 28.2. The van der Waals surface area contributed by atoms with Gasteiger partial charge in [0.15, 0.2) is 0 Å². The van der Waals surface area contributed by atoms with Crippen LogP contribution in [0, 0.1) is 0 Å². The first-order chi connectivity index (χ1) is 19.3. The number of hydrogen-bond donors (Lipinski definition) is 2. The van der Waals surface area contributed by atoms with Crippen LogP contribution in [0.1, 0.15) is 21.5 Å². The summed E-state index contributed by atoms with van der Waals surface area (Å²) in [6.45, 7) is 4.06. The molecule has 0 unspecified atom stereocenters. The number of benzene rings is 2. The lowest BCUT2D eigenvalue weighted by molar-refractivity contribution is -0.119. The number of anilines is 3. The predicted octanol–water partition coefficient (Wildman–Crippen LogP) is 3.01. The van der Waals surface area contributed by atoms with Gasteiger partial charge in [-0.3, -0.25) is 19.5 Å². The molecule has 1 aromatic heterocycles. The molecule has 40 heavy (non-hydrogen) atoms. The van der Waals surface area contributed by atoms with E-state index in [0.717, 1.165) is 43.1 Å². The molecule has 0 bridgehead atoms. The first kappa shape index (κ1) is 27.0. The number of methoxy groups -OCH3 is 1. The third-order valence-corrected chi connectivity index (χ3v) is 7.24. The highest BCUT2D eigenvalue weighted by Crippen LogP contribution is 2.38. The van der Waals surface area contributed by atoms with Crippen molar-refractivity contribution in [2.45, 2.75) is 0 Å². The summed E-state index contributed by atoms with van der Waals surface area (Å²) in [5, 5.41) is 6.25. The Bertz CT molecular complexity index is 1450. The van der Waals surface area contributed by atoms with Gasteiger partial charge >= 0.3 is 5.97 Å². The Morgan fingerprint density at radius 1 is 1.05 bits per heavy atom. The Hall–Kier alpha value is -4.54. The molecule has 2 aromatic carbocycles. The van der Waals surface area contributed by atoms with Crippen LogP contribution in [0.3, 0.4) is 0 Å². The number of hydrogen-bond acceptors (Lipinski definition) is 8. The maximum absolute atomic E-state index is 13.2. The number of fused-ring (bicyclic) bond motifs is 1. The maximum atomic E-state index is 13.2. The number of nitrogens with one attached hydrogen (secondary N) is 2. The van der Waals surface area contributed by atoms with E-state index in [2.05, 4.69) is 32.5 Å². The van der Waals surface area contributed by atoms with Gasteiger partial charge in [-0.15, -0.1) is 0 Å². The van der Waals surface area contributed by atoms with E-state index in [1.807, 2.05) is 30.3 Å². The molecule has 2 amide bonds. The Labute approximate surface area is 233 Å². The molecule has 10 heteroatoms. The average Bonchev–Trinajstić information content (AvgIpc) is 3.31. The summed E-state index contributed by atoms with van der Waals surface area (Å²) in [6, 6.07) is 16.1. The monoisotopic (exact) mass is 540 g/mol. The summed E-state index contributed by atoms with van der Waals surface area (Å²) in [4.78, 5) is 48.5. The summed E-state index contributed by atoms with van der Waals surface area (Å²) >= 11 is 0. The molecule has 0 saturated carbocycles. The Kier molecular flexibility index (Phi) is 7.90. The number of carbonyl (C=O) groups is 3. The molecule has 2 aliphatic heterocycles. The molecular weight excluding hydrogens is 508 g/mol. The number of ether oxygens (including phenoxy) is 1. The van der Waals surface area contributed by atoms with Crippen molar-refractivity contribution >= 4 is 46.1 Å². The van der Waals surface area contributed by atoms with Crippen molar-refractivity contribution < 1.29 is 19.1 Å². The Morgan fingerprint density at radius 2 is 1.80 bits per heavy atom. The van der Waals surface area contributed by atoms with Crippen molar-refractivity contribution in [1.29, 1.82) is 0 Å². The highest BCUT2D eigenvalue weighted by atomic mass is 16.5. The van der Waals surface area contributed by atoms with Crippen LogP contribution in [0.5, 0.6) is 0 Å². The van der Waals surface area contributed by atoms with Gasteiger partial charge in [-0.05, 0) is 55.6 Å². The topological polar surface area (TPSA) is 107 Å². The smallest absolute Gasteiger partial charge is 0.337 e. The number of aromatic nitrogens is 1. The lowest BCUT2D eigenvalue weighted by Crippen LogP contribution is -2.48. The second-order valence-electron chi connectivity index (χ2n) is 9.90. The molecule has 3 heterocycles. The number of pyridine rings is 1. The Morgan fingerprint density at radius 3 is 2.48 bits per heavy atom. The van der Waals surface area contributed by atoms with Gasteiger partial charge in [-0.1, -0.05) is 6.07 Å². The molecule has 3 aromatic rings. The van der Waals surface area contributed by atoms with Crippen molar-refractivity contribution in [3.05, 3.63) is 83.7 Å². The van der Waals surface area contributed by atoms with Crippen LogP contribution in [-0.2, 0) is 14.3 Å². The average molecular weight is 541 g/mol. The van der Waals surface area contributed by atoms with E-state index >= 15 is 0 Å². The number of amides is 2. The van der Waals surface area contributed by atoms with Crippen molar-refractivity contribution in [3.63, 3.8) is 0 Å². The molecular formula is C30H32N6O4. The van der Waals surface area contributed by atoms with Crippen LogP contribution in [0.4, 0.5) is 17.1 Å². The van der Waals surface area contributed by atoms with Gasteiger partial charge in [0.1, 0.15) is 0 Å². The lowest BCUT2D eigenvalue weighted by atomic mass is 9.99. The van der Waals surface area contributed by atoms with Crippen molar-refractivity contribution in [2.24, 2.45) is 0 Å². The Balaban J connectivity index is 1.40. The molecule has 2 N–H and O–H groups in total. The van der Waals surface area contributed by atoms with E-state index in [0.29, 0.717) is 34.6 Å². The third kappa shape index (κ3) is 5.73. The number of esters is 1. The van der Waals surface area contributed by atoms with Gasteiger partial charge in [-0.2, -0.15) is 0 Å². The number of carbonyl (C=O) groups excluding carboxylic acids is 3. The lowest BCUT2D eigenvalue weighted by Gasteiger charge is -2.32. The molecule has 206 valence electrons. The fourth-order valence-electron chi connectivity index (χ4n) is 4.82. The van der Waals surface area contributed by atoms with Crippen molar-refractivity contribution in [2.75, 3.05) is 69.5 Å². The summed E-state index contributed by atoms with van der Waals surface area (Å²) in [7, 11) is 5.19. The highest BCUT2D eigenvalue weighted by molar-refractivity contribution is 6.37. The maximum Gasteiger partial charge on any atom is 0.337 e. The van der Waals surface area contributed by atoms with Gasteiger partial charge in [0, 0.05) is 68.1 Å². The van der Waals surface area contributed by atoms with E-state index in [9.17, 15) is 14.4 Å². The van der Waals surface area contributed by atoms with Crippen LogP contribution in [0.2, 0.25) is 0 Å². The number of rotatable bonds is 7. The molecule has 1 saturated heterocycles. The number of nitrogens with zero attached hydrogens (tertiary/aromatic N) is 4. The van der Waals surface area contributed by atoms with E-state index in [1.165, 1.54) is 7.11 Å². The fourth-order valence-corrected chi connectivity index (χ4v) is 4.82. The minimum atomic E-state index is -0.479.